The largest absolute Gasteiger partial charge is 0.488 e. The molecular formula is C45H55N7O6. The second kappa shape index (κ2) is 16.1. The van der Waals surface area contributed by atoms with E-state index in [4.69, 9.17) is 24.2 Å². The number of carbonyl (C=O) groups excluding carboxylic acids is 3. The Morgan fingerprint density at radius 1 is 1.00 bits per heavy atom. The van der Waals surface area contributed by atoms with Crippen molar-refractivity contribution in [1.82, 2.24) is 35.1 Å². The lowest BCUT2D eigenvalue weighted by atomic mass is 9.92. The summed E-state index contributed by atoms with van der Waals surface area (Å²) in [6, 6.07) is 13.7. The van der Waals surface area contributed by atoms with E-state index in [0.29, 0.717) is 32.1 Å². The lowest BCUT2D eigenvalue weighted by Crippen LogP contribution is -2.52. The molecule has 0 bridgehead atoms. The van der Waals surface area contributed by atoms with Gasteiger partial charge in [0.1, 0.15) is 30.0 Å². The minimum Gasteiger partial charge on any atom is -0.488 e. The smallest absolute Gasteiger partial charge is 0.407 e. The topological polar surface area (TPSA) is 155 Å². The zero-order valence-corrected chi connectivity index (χ0v) is 34.6. The fourth-order valence-corrected chi connectivity index (χ4v) is 9.14. The standard InChI is InChI=1S/C45H55N7O6/c1-8-25(4)15-39(53)51-21-27(22-56-6)16-37(51)42-46-20-35(48-42)29-10-12-31-30(17-29)23-58-38-19-32-28(18-33(31)38)11-13-34-41(32)49-43(47-34)36-14-9-26(5)52(36)44(54)40(24(2)3)50-45(55)57-7/h10-13,17-20,24-27,36-37,40H,8-9,14-16,21-23H2,1-7H3,(H,46,48)(H,47,49)(H,50,55)/t25-,26+,27+,36+,37+,40+/m1/s1. The van der Waals surface area contributed by atoms with Gasteiger partial charge in [0.15, 0.2) is 0 Å². The Morgan fingerprint density at radius 2 is 1.83 bits per heavy atom. The Bertz CT molecular complexity index is 2350. The van der Waals surface area contributed by atoms with Gasteiger partial charge in [-0.1, -0.05) is 52.3 Å². The van der Waals surface area contributed by atoms with E-state index in [-0.39, 0.29) is 41.8 Å². The first-order chi connectivity index (χ1) is 28.0. The Hall–Kier alpha value is -5.43. The third-order valence-electron chi connectivity index (χ3n) is 12.5. The molecule has 2 aromatic heterocycles. The summed E-state index contributed by atoms with van der Waals surface area (Å²) in [6.07, 6.45) is 5.16. The van der Waals surface area contributed by atoms with Crippen LogP contribution in [-0.2, 0) is 25.7 Å². The highest BCUT2D eigenvalue weighted by Gasteiger charge is 2.42. The van der Waals surface area contributed by atoms with Gasteiger partial charge in [-0.25, -0.2) is 14.8 Å². The molecule has 8 rings (SSSR count). The maximum absolute atomic E-state index is 14.0. The van der Waals surface area contributed by atoms with Crippen LogP contribution in [-0.4, -0.2) is 87.1 Å². The molecule has 3 aliphatic heterocycles. The van der Waals surface area contributed by atoms with Crippen LogP contribution in [0.2, 0.25) is 0 Å². The average molecular weight is 790 g/mol. The third-order valence-corrected chi connectivity index (χ3v) is 12.5. The van der Waals surface area contributed by atoms with Crippen molar-refractivity contribution in [2.45, 2.75) is 97.5 Å². The number of hydrogen-bond donors (Lipinski definition) is 3. The number of hydrogen-bond acceptors (Lipinski definition) is 8. The molecule has 6 atom stereocenters. The van der Waals surface area contributed by atoms with Gasteiger partial charge in [-0.2, -0.15) is 0 Å². The molecule has 5 aromatic rings. The van der Waals surface area contributed by atoms with Gasteiger partial charge in [-0.3, -0.25) is 9.59 Å². The molecule has 2 fully saturated rings. The van der Waals surface area contributed by atoms with Gasteiger partial charge in [-0.15, -0.1) is 0 Å². The molecule has 3 aliphatic rings. The molecule has 306 valence electrons. The van der Waals surface area contributed by atoms with Gasteiger partial charge in [0.2, 0.25) is 11.8 Å². The van der Waals surface area contributed by atoms with Crippen LogP contribution in [0.25, 0.3) is 44.2 Å². The second-order valence-electron chi connectivity index (χ2n) is 16.9. The molecule has 3 N–H and O–H groups in total. The van der Waals surface area contributed by atoms with Crippen molar-refractivity contribution in [1.29, 1.82) is 0 Å². The van der Waals surface area contributed by atoms with Gasteiger partial charge < -0.3 is 39.3 Å². The number of carbonyl (C=O) groups is 3. The molecule has 0 unspecified atom stereocenters. The van der Waals surface area contributed by atoms with Crippen LogP contribution in [0.3, 0.4) is 0 Å². The maximum Gasteiger partial charge on any atom is 0.407 e. The van der Waals surface area contributed by atoms with E-state index in [9.17, 15) is 14.4 Å². The van der Waals surface area contributed by atoms with Crippen LogP contribution >= 0.6 is 0 Å². The molecule has 5 heterocycles. The number of H-pyrrole nitrogens is 2. The molecule has 3 amide bonds. The Kier molecular flexibility index (Phi) is 10.9. The van der Waals surface area contributed by atoms with E-state index in [2.05, 4.69) is 65.5 Å². The van der Waals surface area contributed by atoms with Gasteiger partial charge in [-0.05, 0) is 84.4 Å². The minimum atomic E-state index is -0.714. The number of alkyl carbamates (subject to hydrolysis) is 1. The Balaban J connectivity index is 1.05. The number of aromatic nitrogens is 4. The van der Waals surface area contributed by atoms with Crippen molar-refractivity contribution < 1.29 is 28.6 Å². The van der Waals surface area contributed by atoms with Crippen molar-refractivity contribution in [3.8, 4) is 28.1 Å². The van der Waals surface area contributed by atoms with Crippen molar-refractivity contribution >= 4 is 39.7 Å². The van der Waals surface area contributed by atoms with E-state index in [0.717, 1.165) is 92.8 Å². The molecule has 0 saturated carbocycles. The van der Waals surface area contributed by atoms with Crippen LogP contribution < -0.4 is 10.1 Å². The molecule has 0 radical (unpaired) electrons. The van der Waals surface area contributed by atoms with Gasteiger partial charge in [0.25, 0.3) is 0 Å². The molecule has 13 heteroatoms. The molecule has 0 aliphatic carbocycles. The molecule has 0 spiro atoms. The number of methoxy groups -OCH3 is 2. The van der Waals surface area contributed by atoms with E-state index >= 15 is 0 Å². The van der Waals surface area contributed by atoms with Crippen LogP contribution in [0.5, 0.6) is 5.75 Å². The first kappa shape index (κ1) is 39.4. The van der Waals surface area contributed by atoms with E-state index in [1.54, 1.807) is 7.11 Å². The number of nitrogens with zero attached hydrogens (tertiary/aromatic N) is 4. The summed E-state index contributed by atoms with van der Waals surface area (Å²) < 4.78 is 16.7. The van der Waals surface area contributed by atoms with Crippen molar-refractivity contribution in [2.75, 3.05) is 27.4 Å². The number of benzene rings is 3. The zero-order valence-electron chi connectivity index (χ0n) is 34.6. The van der Waals surface area contributed by atoms with Gasteiger partial charge in [0, 0.05) is 43.0 Å². The van der Waals surface area contributed by atoms with Crippen LogP contribution in [0.1, 0.15) is 96.0 Å². The Morgan fingerprint density at radius 3 is 2.59 bits per heavy atom. The lowest BCUT2D eigenvalue weighted by Gasteiger charge is -2.32. The molecule has 2 saturated heterocycles. The number of ether oxygens (including phenoxy) is 3. The summed E-state index contributed by atoms with van der Waals surface area (Å²) in [7, 11) is 3.02. The van der Waals surface area contributed by atoms with E-state index < -0.39 is 12.1 Å². The number of aromatic amines is 2. The monoisotopic (exact) mass is 789 g/mol. The van der Waals surface area contributed by atoms with Crippen LogP contribution in [0.4, 0.5) is 4.79 Å². The number of nitrogens with one attached hydrogen (secondary N) is 3. The fraction of sp³-hybridized carbons (Fsp3) is 0.489. The van der Waals surface area contributed by atoms with Gasteiger partial charge >= 0.3 is 6.09 Å². The molecular weight excluding hydrogens is 735 g/mol. The second-order valence-corrected chi connectivity index (χ2v) is 16.9. The first-order valence-corrected chi connectivity index (χ1v) is 20.7. The lowest BCUT2D eigenvalue weighted by molar-refractivity contribution is -0.137. The summed E-state index contributed by atoms with van der Waals surface area (Å²) in [4.78, 5) is 60.4. The third kappa shape index (κ3) is 7.29. The Labute approximate surface area is 339 Å². The van der Waals surface area contributed by atoms with Crippen LogP contribution in [0.15, 0.2) is 48.7 Å². The van der Waals surface area contributed by atoms with Crippen molar-refractivity contribution in [2.24, 2.45) is 17.8 Å². The summed E-state index contributed by atoms with van der Waals surface area (Å²) in [5.74, 6) is 2.84. The number of likely N-dealkylation sites (tertiary alicyclic amines) is 2. The highest BCUT2D eigenvalue weighted by molar-refractivity contribution is 6.07. The van der Waals surface area contributed by atoms with Crippen LogP contribution in [0, 0.1) is 17.8 Å². The molecule has 58 heavy (non-hydrogen) atoms. The number of rotatable bonds is 11. The minimum absolute atomic E-state index is 0.0130. The zero-order chi connectivity index (χ0) is 40.8. The normalized spacial score (nSPS) is 21.2. The van der Waals surface area contributed by atoms with Crippen molar-refractivity contribution in [3.63, 3.8) is 0 Å². The summed E-state index contributed by atoms with van der Waals surface area (Å²) >= 11 is 0. The predicted octanol–water partition coefficient (Wildman–Crippen LogP) is 8.07. The highest BCUT2D eigenvalue weighted by Crippen LogP contribution is 2.44. The summed E-state index contributed by atoms with van der Waals surface area (Å²) in [5, 5.41) is 4.75. The van der Waals surface area contributed by atoms with E-state index in [1.165, 1.54) is 7.11 Å². The predicted molar refractivity (Wildman–Crippen MR) is 222 cm³/mol. The number of amides is 3. The first-order valence-electron chi connectivity index (χ1n) is 20.7. The summed E-state index contributed by atoms with van der Waals surface area (Å²) in [6.45, 7) is 11.8. The summed E-state index contributed by atoms with van der Waals surface area (Å²) in [5.41, 5.74) is 6.84. The van der Waals surface area contributed by atoms with E-state index in [1.807, 2.05) is 42.8 Å². The highest BCUT2D eigenvalue weighted by atomic mass is 16.5. The molecule has 13 nitrogen and oxygen atoms in total. The van der Waals surface area contributed by atoms with Crippen molar-refractivity contribution in [3.05, 3.63) is 65.9 Å². The fourth-order valence-electron chi connectivity index (χ4n) is 9.14. The molecule has 3 aromatic carbocycles. The average Bonchev–Trinajstić information content (AvgIpc) is 4.04. The number of imidazole rings is 2. The quantitative estimate of drug-likeness (QED) is 0.121. The number of fused-ring (bicyclic) bond motifs is 6. The maximum atomic E-state index is 14.0. The SMILES string of the molecule is CC[C@@H](C)CC(=O)N1C[C@@H](COC)C[C@H]1c1ncc(-c2ccc3c(c2)COc2cc4c(ccc5[nH]c([C@@H]6CC[C@H](C)N6C(=O)[C@@H](NC(=O)OC)C(C)C)nc54)cc2-3)[nH]1. The van der Waals surface area contributed by atoms with Gasteiger partial charge in [0.05, 0.1) is 48.7 Å².